The summed E-state index contributed by atoms with van der Waals surface area (Å²) in [5.74, 6) is -0.671. The molecule has 0 saturated heterocycles. The second-order valence-corrected chi connectivity index (χ2v) is 4.71. The van der Waals surface area contributed by atoms with Crippen molar-refractivity contribution >= 4 is 17.9 Å². The summed E-state index contributed by atoms with van der Waals surface area (Å²) in [6, 6.07) is 20.7. The highest BCUT2D eigenvalue weighted by Gasteiger charge is 2.12. The van der Waals surface area contributed by atoms with Crippen LogP contribution in [0.5, 0.6) is 0 Å². The van der Waals surface area contributed by atoms with Crippen molar-refractivity contribution < 1.29 is 9.53 Å². The number of ether oxygens (including phenoxy) is 1. The van der Waals surface area contributed by atoms with Crippen molar-refractivity contribution in [1.29, 1.82) is 5.26 Å². The third-order valence-corrected chi connectivity index (χ3v) is 3.02. The van der Waals surface area contributed by atoms with Crippen LogP contribution in [0.1, 0.15) is 12.5 Å². The van der Waals surface area contributed by atoms with Gasteiger partial charge in [-0.15, -0.1) is 0 Å². The molecule has 0 fully saturated rings. The highest BCUT2D eigenvalue weighted by atomic mass is 16.5. The fourth-order valence-corrected chi connectivity index (χ4v) is 1.88. The topological polar surface area (TPSA) is 65.7 Å². The lowest BCUT2D eigenvalue weighted by atomic mass is 10.2. The Morgan fingerprint density at radius 3 is 2.38 bits per heavy atom. The standard InChI is InChI=1S/C19H17N3O2/c1-2-24-19(23)17(13-20)15-22(18-11-7-4-8-12-18)21-14-16-9-5-3-6-10-16/h3-12,14-15H,2H2,1H3/b17-15+,21-14?. The molecule has 0 aliphatic heterocycles. The van der Waals surface area contributed by atoms with E-state index in [4.69, 9.17) is 4.74 Å². The van der Waals surface area contributed by atoms with Crippen molar-refractivity contribution in [3.63, 3.8) is 0 Å². The summed E-state index contributed by atoms with van der Waals surface area (Å²) in [6.07, 6.45) is 3.02. The van der Waals surface area contributed by atoms with Gasteiger partial charge in [0.25, 0.3) is 0 Å². The second-order valence-electron chi connectivity index (χ2n) is 4.71. The van der Waals surface area contributed by atoms with Gasteiger partial charge >= 0.3 is 5.97 Å². The van der Waals surface area contributed by atoms with E-state index >= 15 is 0 Å². The molecule has 2 aromatic rings. The Kier molecular flexibility index (Phi) is 6.30. The maximum atomic E-state index is 11.8. The highest BCUT2D eigenvalue weighted by molar-refractivity contribution is 5.93. The van der Waals surface area contributed by atoms with E-state index in [1.54, 1.807) is 13.1 Å². The number of nitrogens with zero attached hydrogens (tertiary/aromatic N) is 3. The monoisotopic (exact) mass is 319 g/mol. The number of para-hydroxylation sites is 1. The molecule has 0 bridgehead atoms. The predicted molar refractivity (Wildman–Crippen MR) is 93.3 cm³/mol. The van der Waals surface area contributed by atoms with Crippen LogP contribution in [0.15, 0.2) is 77.5 Å². The lowest BCUT2D eigenvalue weighted by molar-refractivity contribution is -0.138. The quantitative estimate of drug-likeness (QED) is 0.269. The van der Waals surface area contributed by atoms with E-state index in [0.717, 1.165) is 11.3 Å². The zero-order valence-electron chi connectivity index (χ0n) is 13.3. The summed E-state index contributed by atoms with van der Waals surface area (Å²) >= 11 is 0. The molecule has 5 nitrogen and oxygen atoms in total. The van der Waals surface area contributed by atoms with Gasteiger partial charge in [-0.25, -0.2) is 9.80 Å². The minimum absolute atomic E-state index is 0.120. The van der Waals surface area contributed by atoms with Gasteiger partial charge in [-0.3, -0.25) is 0 Å². The lowest BCUT2D eigenvalue weighted by Crippen LogP contribution is -2.14. The smallest absolute Gasteiger partial charge is 0.350 e. The van der Waals surface area contributed by atoms with Crippen LogP contribution in [-0.4, -0.2) is 18.8 Å². The Bertz CT molecular complexity index is 762. The van der Waals surface area contributed by atoms with Gasteiger partial charge in [0.15, 0.2) is 5.57 Å². The molecule has 24 heavy (non-hydrogen) atoms. The molecule has 0 N–H and O–H groups in total. The minimum atomic E-state index is -0.671. The van der Waals surface area contributed by atoms with Crippen LogP contribution >= 0.6 is 0 Å². The molecule has 0 aliphatic carbocycles. The first-order valence-electron chi connectivity index (χ1n) is 7.47. The molecule has 2 aromatic carbocycles. The molecule has 0 saturated carbocycles. The molecule has 0 radical (unpaired) electrons. The van der Waals surface area contributed by atoms with Crippen LogP contribution in [-0.2, 0) is 9.53 Å². The maximum absolute atomic E-state index is 11.8. The van der Waals surface area contributed by atoms with Crippen LogP contribution in [0.2, 0.25) is 0 Å². The summed E-state index contributed by atoms with van der Waals surface area (Å²) in [5.41, 5.74) is 1.51. The molecule has 0 aliphatic rings. The number of carbonyl (C=O) groups excluding carboxylic acids is 1. The number of anilines is 1. The number of nitriles is 1. The van der Waals surface area contributed by atoms with E-state index in [1.807, 2.05) is 66.7 Å². The summed E-state index contributed by atoms with van der Waals surface area (Å²) in [7, 11) is 0. The summed E-state index contributed by atoms with van der Waals surface area (Å²) < 4.78 is 4.89. The zero-order valence-corrected chi connectivity index (χ0v) is 13.3. The molecule has 0 spiro atoms. The number of carbonyl (C=O) groups is 1. The lowest BCUT2D eigenvalue weighted by Gasteiger charge is -2.14. The van der Waals surface area contributed by atoms with Gasteiger partial charge in [0, 0.05) is 0 Å². The third kappa shape index (κ3) is 4.82. The Morgan fingerprint density at radius 2 is 1.79 bits per heavy atom. The van der Waals surface area contributed by atoms with Crippen molar-refractivity contribution in [2.75, 3.05) is 11.6 Å². The zero-order chi connectivity index (χ0) is 17.2. The van der Waals surface area contributed by atoms with Gasteiger partial charge in [0.05, 0.1) is 24.7 Å². The molecule has 2 rings (SSSR count). The number of benzene rings is 2. The number of rotatable bonds is 6. The second kappa shape index (κ2) is 8.91. The van der Waals surface area contributed by atoms with Gasteiger partial charge in [-0.1, -0.05) is 48.5 Å². The van der Waals surface area contributed by atoms with Gasteiger partial charge in [-0.2, -0.15) is 10.4 Å². The van der Waals surface area contributed by atoms with E-state index < -0.39 is 5.97 Å². The van der Waals surface area contributed by atoms with Gasteiger partial charge in [0.2, 0.25) is 0 Å². The first-order chi connectivity index (χ1) is 11.7. The van der Waals surface area contributed by atoms with E-state index in [2.05, 4.69) is 5.10 Å². The number of hydrogen-bond donors (Lipinski definition) is 0. The number of hydrogen-bond acceptors (Lipinski definition) is 5. The van der Waals surface area contributed by atoms with Crippen molar-refractivity contribution in [3.8, 4) is 6.07 Å². The van der Waals surface area contributed by atoms with Crippen LogP contribution in [0.3, 0.4) is 0 Å². The Morgan fingerprint density at radius 1 is 1.17 bits per heavy atom. The Balaban J connectivity index is 2.35. The summed E-state index contributed by atoms with van der Waals surface area (Å²) in [6.45, 7) is 1.89. The Hall–Kier alpha value is -3.39. The van der Waals surface area contributed by atoms with Crippen LogP contribution in [0.25, 0.3) is 0 Å². The number of hydrazone groups is 1. The van der Waals surface area contributed by atoms with E-state index in [-0.39, 0.29) is 12.2 Å². The largest absolute Gasteiger partial charge is 0.462 e. The first kappa shape index (κ1) is 17.0. The molecular formula is C19H17N3O2. The molecule has 120 valence electrons. The third-order valence-electron chi connectivity index (χ3n) is 3.02. The normalized spacial score (nSPS) is 11.1. The summed E-state index contributed by atoms with van der Waals surface area (Å²) in [4.78, 5) is 11.8. The van der Waals surface area contributed by atoms with Crippen molar-refractivity contribution in [3.05, 3.63) is 78.0 Å². The first-order valence-corrected chi connectivity index (χ1v) is 7.47. The molecule has 5 heteroatoms. The molecule has 0 unspecified atom stereocenters. The predicted octanol–water partition coefficient (Wildman–Crippen LogP) is 3.50. The number of esters is 1. The molecular weight excluding hydrogens is 302 g/mol. The average molecular weight is 319 g/mol. The van der Waals surface area contributed by atoms with Gasteiger partial charge < -0.3 is 4.74 Å². The van der Waals surface area contributed by atoms with Crippen molar-refractivity contribution in [2.45, 2.75) is 6.92 Å². The maximum Gasteiger partial charge on any atom is 0.350 e. The van der Waals surface area contributed by atoms with Crippen LogP contribution < -0.4 is 5.01 Å². The van der Waals surface area contributed by atoms with E-state index in [0.29, 0.717) is 0 Å². The van der Waals surface area contributed by atoms with Crippen LogP contribution in [0.4, 0.5) is 5.69 Å². The molecule has 0 aromatic heterocycles. The van der Waals surface area contributed by atoms with Crippen LogP contribution in [0, 0.1) is 11.3 Å². The van der Waals surface area contributed by atoms with E-state index in [9.17, 15) is 10.1 Å². The average Bonchev–Trinajstić information content (AvgIpc) is 2.63. The molecule has 0 amide bonds. The Labute approximate surface area is 141 Å². The molecule has 0 heterocycles. The summed E-state index contributed by atoms with van der Waals surface area (Å²) in [5, 5.41) is 15.0. The van der Waals surface area contributed by atoms with Crippen molar-refractivity contribution in [2.24, 2.45) is 5.10 Å². The van der Waals surface area contributed by atoms with E-state index in [1.165, 1.54) is 11.2 Å². The molecule has 0 atom stereocenters. The van der Waals surface area contributed by atoms with Gasteiger partial charge in [-0.05, 0) is 24.6 Å². The van der Waals surface area contributed by atoms with Gasteiger partial charge in [0.1, 0.15) is 6.07 Å². The minimum Gasteiger partial charge on any atom is -0.462 e. The fourth-order valence-electron chi connectivity index (χ4n) is 1.88. The highest BCUT2D eigenvalue weighted by Crippen LogP contribution is 2.16. The fraction of sp³-hybridized carbons (Fsp3) is 0.105. The van der Waals surface area contributed by atoms with Crippen molar-refractivity contribution in [1.82, 2.24) is 0 Å². The SMILES string of the molecule is CCOC(=O)/C(C#N)=C/N(N=Cc1ccccc1)c1ccccc1.